The van der Waals surface area contributed by atoms with Gasteiger partial charge in [0.25, 0.3) is 0 Å². The Kier molecular flexibility index (Phi) is 8.56. The number of nitrogens with zero attached hydrogens (tertiary/aromatic N) is 1. The molecule has 1 saturated heterocycles. The van der Waals surface area contributed by atoms with Gasteiger partial charge in [0, 0.05) is 31.8 Å². The first kappa shape index (κ1) is 26.1. The molecule has 0 amide bonds. The van der Waals surface area contributed by atoms with E-state index in [1.165, 1.54) is 5.56 Å². The zero-order chi connectivity index (χ0) is 24.1. The van der Waals surface area contributed by atoms with Crippen molar-refractivity contribution in [1.29, 1.82) is 0 Å². The predicted octanol–water partition coefficient (Wildman–Crippen LogP) is 5.06. The van der Waals surface area contributed by atoms with Gasteiger partial charge in [-0.2, -0.15) is 4.31 Å². The molecule has 1 heterocycles. The van der Waals surface area contributed by atoms with Crippen molar-refractivity contribution in [2.45, 2.75) is 75.1 Å². The highest BCUT2D eigenvalue weighted by Gasteiger charge is 2.38. The quantitative estimate of drug-likeness (QED) is 0.396. The standard InChI is InChI=1S/C26H40N2O3SSi/c1-26(2,3)33(4,5)31-18-12-15-24-20-27-23(19-22-13-8-6-9-14-22)21-28(24)32(29,30)25-16-10-7-11-17-25/h6-11,13-14,16-17,23-24,27H,12,15,18-21H2,1-5H3. The summed E-state index contributed by atoms with van der Waals surface area (Å²) in [6, 6.07) is 19.1. The van der Waals surface area contributed by atoms with Crippen molar-refractivity contribution in [2.24, 2.45) is 0 Å². The van der Waals surface area contributed by atoms with Gasteiger partial charge >= 0.3 is 0 Å². The Bertz CT molecular complexity index is 976. The lowest BCUT2D eigenvalue weighted by molar-refractivity contribution is 0.196. The summed E-state index contributed by atoms with van der Waals surface area (Å²) in [4.78, 5) is 0.368. The van der Waals surface area contributed by atoms with Crippen LogP contribution in [0.4, 0.5) is 0 Å². The Morgan fingerprint density at radius 1 is 1.03 bits per heavy atom. The number of piperazine rings is 1. The first-order chi connectivity index (χ1) is 15.5. The maximum absolute atomic E-state index is 13.6. The van der Waals surface area contributed by atoms with E-state index in [1.807, 2.05) is 24.3 Å². The summed E-state index contributed by atoms with van der Waals surface area (Å²) in [5, 5.41) is 3.79. The average molecular weight is 489 g/mol. The highest BCUT2D eigenvalue weighted by molar-refractivity contribution is 7.89. The number of rotatable bonds is 9. The van der Waals surface area contributed by atoms with Crippen molar-refractivity contribution >= 4 is 18.3 Å². The van der Waals surface area contributed by atoms with Crippen LogP contribution in [0.5, 0.6) is 0 Å². The molecule has 0 radical (unpaired) electrons. The summed E-state index contributed by atoms with van der Waals surface area (Å²) in [5.41, 5.74) is 1.22. The SMILES string of the molecule is CC(C)(C)[Si](C)(C)OCCCC1CNC(Cc2ccccc2)CN1S(=O)(=O)c1ccccc1. The van der Waals surface area contributed by atoms with Gasteiger partial charge in [0.05, 0.1) is 4.90 Å². The highest BCUT2D eigenvalue weighted by atomic mass is 32.2. The minimum atomic E-state index is -3.56. The van der Waals surface area contributed by atoms with E-state index in [4.69, 9.17) is 4.43 Å². The molecule has 0 saturated carbocycles. The topological polar surface area (TPSA) is 58.6 Å². The van der Waals surface area contributed by atoms with Gasteiger partial charge in [-0.15, -0.1) is 0 Å². The maximum Gasteiger partial charge on any atom is 0.243 e. The highest BCUT2D eigenvalue weighted by Crippen LogP contribution is 2.36. The van der Waals surface area contributed by atoms with E-state index in [0.29, 0.717) is 24.6 Å². The predicted molar refractivity (Wildman–Crippen MR) is 138 cm³/mol. The molecule has 0 aliphatic carbocycles. The van der Waals surface area contributed by atoms with Crippen molar-refractivity contribution < 1.29 is 12.8 Å². The van der Waals surface area contributed by atoms with Crippen LogP contribution in [-0.4, -0.2) is 52.8 Å². The van der Waals surface area contributed by atoms with Crippen molar-refractivity contribution in [3.8, 4) is 0 Å². The molecule has 1 N–H and O–H groups in total. The average Bonchev–Trinajstić information content (AvgIpc) is 2.78. The van der Waals surface area contributed by atoms with E-state index >= 15 is 0 Å². The first-order valence-corrected chi connectivity index (χ1v) is 16.3. The summed E-state index contributed by atoms with van der Waals surface area (Å²) in [5.74, 6) is 0. The van der Waals surface area contributed by atoms with E-state index < -0.39 is 18.3 Å². The van der Waals surface area contributed by atoms with Crippen LogP contribution in [0.25, 0.3) is 0 Å². The zero-order valence-corrected chi connectivity index (χ0v) is 22.6. The summed E-state index contributed by atoms with van der Waals surface area (Å²) in [6.07, 6.45) is 2.44. The van der Waals surface area contributed by atoms with Crippen LogP contribution < -0.4 is 5.32 Å². The Morgan fingerprint density at radius 3 is 2.24 bits per heavy atom. The van der Waals surface area contributed by atoms with E-state index in [2.05, 4.69) is 51.3 Å². The van der Waals surface area contributed by atoms with Crippen LogP contribution in [0.3, 0.4) is 0 Å². The largest absolute Gasteiger partial charge is 0.417 e. The second-order valence-electron chi connectivity index (χ2n) is 10.6. The van der Waals surface area contributed by atoms with Crippen LogP contribution in [0.2, 0.25) is 18.1 Å². The van der Waals surface area contributed by atoms with Gasteiger partial charge in [0.2, 0.25) is 10.0 Å². The number of nitrogens with one attached hydrogen (secondary N) is 1. The van der Waals surface area contributed by atoms with Crippen molar-refractivity contribution in [2.75, 3.05) is 19.7 Å². The van der Waals surface area contributed by atoms with E-state index in [1.54, 1.807) is 28.6 Å². The van der Waals surface area contributed by atoms with E-state index in [9.17, 15) is 8.42 Å². The van der Waals surface area contributed by atoms with Gasteiger partial charge in [0.15, 0.2) is 8.32 Å². The number of hydrogen-bond donors (Lipinski definition) is 1. The summed E-state index contributed by atoms with van der Waals surface area (Å²) >= 11 is 0. The molecule has 3 rings (SSSR count). The van der Waals surface area contributed by atoms with Gasteiger partial charge in [-0.1, -0.05) is 69.3 Å². The summed E-state index contributed by atoms with van der Waals surface area (Å²) in [6.45, 7) is 13.1. The summed E-state index contributed by atoms with van der Waals surface area (Å²) < 4.78 is 35.3. The smallest absolute Gasteiger partial charge is 0.243 e. The van der Waals surface area contributed by atoms with Gasteiger partial charge < -0.3 is 9.74 Å². The number of sulfonamides is 1. The molecule has 2 unspecified atom stereocenters. The van der Waals surface area contributed by atoms with Crippen LogP contribution in [0.1, 0.15) is 39.2 Å². The first-order valence-electron chi connectivity index (χ1n) is 12.0. The number of hydrogen-bond acceptors (Lipinski definition) is 4. The third-order valence-electron chi connectivity index (χ3n) is 7.08. The second kappa shape index (κ2) is 10.8. The van der Waals surface area contributed by atoms with Crippen molar-refractivity contribution in [3.05, 3.63) is 66.2 Å². The fourth-order valence-corrected chi connectivity index (χ4v) is 6.81. The molecular weight excluding hydrogens is 448 g/mol. The third-order valence-corrected chi connectivity index (χ3v) is 13.5. The molecule has 2 atom stereocenters. The van der Waals surface area contributed by atoms with Crippen LogP contribution >= 0.6 is 0 Å². The Balaban J connectivity index is 1.70. The maximum atomic E-state index is 13.6. The van der Waals surface area contributed by atoms with E-state index in [0.717, 1.165) is 19.3 Å². The van der Waals surface area contributed by atoms with Crippen molar-refractivity contribution in [3.63, 3.8) is 0 Å². The monoisotopic (exact) mass is 488 g/mol. The lowest BCUT2D eigenvalue weighted by atomic mass is 10.0. The lowest BCUT2D eigenvalue weighted by Gasteiger charge is -2.40. The third kappa shape index (κ3) is 6.76. The molecule has 1 aliphatic rings. The van der Waals surface area contributed by atoms with E-state index in [-0.39, 0.29) is 17.1 Å². The Labute approximate surface area is 201 Å². The zero-order valence-electron chi connectivity index (χ0n) is 20.8. The molecule has 33 heavy (non-hydrogen) atoms. The Hall–Kier alpha value is -1.51. The molecule has 1 aliphatic heterocycles. The molecule has 2 aromatic rings. The second-order valence-corrected chi connectivity index (χ2v) is 17.3. The minimum Gasteiger partial charge on any atom is -0.417 e. The molecule has 7 heteroatoms. The van der Waals surface area contributed by atoms with Crippen LogP contribution in [-0.2, 0) is 20.9 Å². The van der Waals surface area contributed by atoms with Gasteiger partial charge in [-0.3, -0.25) is 0 Å². The summed E-state index contributed by atoms with van der Waals surface area (Å²) in [7, 11) is -5.36. The molecule has 5 nitrogen and oxygen atoms in total. The van der Waals surface area contributed by atoms with Gasteiger partial charge in [-0.25, -0.2) is 8.42 Å². The van der Waals surface area contributed by atoms with Crippen LogP contribution in [0, 0.1) is 0 Å². The fourth-order valence-electron chi connectivity index (χ4n) is 4.00. The number of benzene rings is 2. The molecule has 1 fully saturated rings. The molecule has 0 aromatic heterocycles. The lowest BCUT2D eigenvalue weighted by Crippen LogP contribution is -2.58. The van der Waals surface area contributed by atoms with Crippen LogP contribution in [0.15, 0.2) is 65.6 Å². The molecule has 0 bridgehead atoms. The van der Waals surface area contributed by atoms with Crippen molar-refractivity contribution in [1.82, 2.24) is 9.62 Å². The van der Waals surface area contributed by atoms with Gasteiger partial charge in [0.1, 0.15) is 0 Å². The normalized spacial score (nSPS) is 20.6. The minimum absolute atomic E-state index is 0.0785. The fraction of sp³-hybridized carbons (Fsp3) is 0.538. The molecule has 0 spiro atoms. The van der Waals surface area contributed by atoms with Gasteiger partial charge in [-0.05, 0) is 55.1 Å². The molecular formula is C26H40N2O3SSi. The Morgan fingerprint density at radius 2 is 1.64 bits per heavy atom. The molecule has 2 aromatic carbocycles. The molecule has 182 valence electrons.